The SMILES string of the molecule is C=CC[C@H](N)c1cccc(C#N)c1O.Cl. The third-order valence-corrected chi connectivity index (χ3v) is 2.01. The number of rotatable bonds is 3. The van der Waals surface area contributed by atoms with Crippen molar-refractivity contribution in [1.82, 2.24) is 0 Å². The lowest BCUT2D eigenvalue weighted by molar-refractivity contribution is 0.460. The van der Waals surface area contributed by atoms with Gasteiger partial charge in [-0.15, -0.1) is 19.0 Å². The van der Waals surface area contributed by atoms with Crippen LogP contribution < -0.4 is 5.73 Å². The van der Waals surface area contributed by atoms with Gasteiger partial charge in [-0.3, -0.25) is 0 Å². The molecular weight excluding hydrogens is 212 g/mol. The number of halogens is 1. The van der Waals surface area contributed by atoms with Crippen LogP contribution in [0.2, 0.25) is 0 Å². The van der Waals surface area contributed by atoms with Gasteiger partial charge in [-0.1, -0.05) is 18.2 Å². The van der Waals surface area contributed by atoms with Crippen LogP contribution in [0.1, 0.15) is 23.6 Å². The summed E-state index contributed by atoms with van der Waals surface area (Å²) in [7, 11) is 0. The zero-order chi connectivity index (χ0) is 10.6. The summed E-state index contributed by atoms with van der Waals surface area (Å²) in [5.74, 6) is -0.0237. The lowest BCUT2D eigenvalue weighted by atomic mass is 10.0. The van der Waals surface area contributed by atoms with Gasteiger partial charge in [-0.05, 0) is 12.5 Å². The van der Waals surface area contributed by atoms with Crippen LogP contribution in [0.15, 0.2) is 30.9 Å². The molecular formula is C11H13ClN2O. The molecule has 1 atom stereocenters. The molecule has 3 nitrogen and oxygen atoms in total. The van der Waals surface area contributed by atoms with E-state index in [2.05, 4.69) is 6.58 Å². The largest absolute Gasteiger partial charge is 0.506 e. The average Bonchev–Trinajstić information content (AvgIpc) is 2.18. The minimum atomic E-state index is -0.305. The maximum absolute atomic E-state index is 9.65. The lowest BCUT2D eigenvalue weighted by Gasteiger charge is -2.11. The van der Waals surface area contributed by atoms with Crippen molar-refractivity contribution in [2.24, 2.45) is 5.73 Å². The molecule has 1 aromatic rings. The molecule has 0 amide bonds. The van der Waals surface area contributed by atoms with Crippen molar-refractivity contribution in [3.63, 3.8) is 0 Å². The van der Waals surface area contributed by atoms with Gasteiger partial charge in [0.25, 0.3) is 0 Å². The molecule has 0 spiro atoms. The van der Waals surface area contributed by atoms with Gasteiger partial charge in [0.1, 0.15) is 11.8 Å². The van der Waals surface area contributed by atoms with Crippen LogP contribution in [0, 0.1) is 11.3 Å². The summed E-state index contributed by atoms with van der Waals surface area (Å²) >= 11 is 0. The fraction of sp³-hybridized carbons (Fsp3) is 0.182. The number of hydrogen-bond acceptors (Lipinski definition) is 3. The first kappa shape index (κ1) is 13.5. The number of nitrogens with two attached hydrogens (primary N) is 1. The fourth-order valence-electron chi connectivity index (χ4n) is 1.26. The van der Waals surface area contributed by atoms with Crippen molar-refractivity contribution in [1.29, 1.82) is 5.26 Å². The third-order valence-electron chi connectivity index (χ3n) is 2.01. The van der Waals surface area contributed by atoms with Gasteiger partial charge in [0.05, 0.1) is 5.56 Å². The topological polar surface area (TPSA) is 70.0 Å². The summed E-state index contributed by atoms with van der Waals surface area (Å²) < 4.78 is 0. The van der Waals surface area contributed by atoms with Crippen LogP contribution in [-0.4, -0.2) is 5.11 Å². The van der Waals surface area contributed by atoms with E-state index in [1.165, 1.54) is 0 Å². The highest BCUT2D eigenvalue weighted by atomic mass is 35.5. The van der Waals surface area contributed by atoms with E-state index in [9.17, 15) is 5.11 Å². The van der Waals surface area contributed by atoms with Crippen molar-refractivity contribution in [3.8, 4) is 11.8 Å². The van der Waals surface area contributed by atoms with E-state index < -0.39 is 0 Å². The normalized spacial score (nSPS) is 10.9. The number of nitriles is 1. The molecule has 0 aliphatic heterocycles. The Bertz CT molecular complexity index is 385. The second-order valence-electron chi connectivity index (χ2n) is 2.99. The quantitative estimate of drug-likeness (QED) is 0.774. The van der Waals surface area contributed by atoms with Crippen LogP contribution in [0.5, 0.6) is 5.75 Å². The molecule has 0 fully saturated rings. The summed E-state index contributed by atoms with van der Waals surface area (Å²) in [6.45, 7) is 3.57. The molecule has 0 saturated heterocycles. The standard InChI is InChI=1S/C11H12N2O.ClH/c1-2-4-10(13)9-6-3-5-8(7-12)11(9)14;/h2-3,5-6,10,14H,1,4,13H2;1H/t10-;/m0./s1. The Morgan fingerprint density at radius 3 is 2.80 bits per heavy atom. The van der Waals surface area contributed by atoms with Crippen molar-refractivity contribution in [3.05, 3.63) is 42.0 Å². The summed E-state index contributed by atoms with van der Waals surface area (Å²) in [6.07, 6.45) is 2.26. The minimum Gasteiger partial charge on any atom is -0.506 e. The molecule has 0 aliphatic rings. The van der Waals surface area contributed by atoms with Crippen LogP contribution in [0.4, 0.5) is 0 Å². The summed E-state index contributed by atoms with van der Waals surface area (Å²) in [6, 6.07) is 6.57. The Morgan fingerprint density at radius 1 is 1.60 bits per heavy atom. The highest BCUT2D eigenvalue weighted by molar-refractivity contribution is 5.85. The third kappa shape index (κ3) is 2.98. The molecule has 0 aliphatic carbocycles. The number of phenolic OH excluding ortho intramolecular Hbond substituents is 1. The van der Waals surface area contributed by atoms with E-state index in [0.29, 0.717) is 12.0 Å². The summed E-state index contributed by atoms with van der Waals surface area (Å²) in [5, 5.41) is 18.3. The number of hydrogen-bond donors (Lipinski definition) is 2. The van der Waals surface area contributed by atoms with Crippen molar-refractivity contribution < 1.29 is 5.11 Å². The Morgan fingerprint density at radius 2 is 2.27 bits per heavy atom. The van der Waals surface area contributed by atoms with Crippen LogP contribution in [-0.2, 0) is 0 Å². The van der Waals surface area contributed by atoms with Crippen LogP contribution >= 0.6 is 12.4 Å². The van der Waals surface area contributed by atoms with Gasteiger partial charge in [0.2, 0.25) is 0 Å². The van der Waals surface area contributed by atoms with Gasteiger partial charge in [-0.25, -0.2) is 0 Å². The molecule has 4 heteroatoms. The molecule has 0 radical (unpaired) electrons. The van der Waals surface area contributed by atoms with Gasteiger partial charge in [0, 0.05) is 11.6 Å². The van der Waals surface area contributed by atoms with E-state index >= 15 is 0 Å². The van der Waals surface area contributed by atoms with E-state index in [4.69, 9.17) is 11.0 Å². The van der Waals surface area contributed by atoms with E-state index in [-0.39, 0.29) is 29.8 Å². The molecule has 0 saturated carbocycles. The van der Waals surface area contributed by atoms with E-state index in [1.807, 2.05) is 6.07 Å². The van der Waals surface area contributed by atoms with Crippen molar-refractivity contribution >= 4 is 12.4 Å². The Balaban J connectivity index is 0.00000196. The molecule has 1 rings (SSSR count). The van der Waals surface area contributed by atoms with Gasteiger partial charge < -0.3 is 10.8 Å². The fourth-order valence-corrected chi connectivity index (χ4v) is 1.26. The van der Waals surface area contributed by atoms with Gasteiger partial charge in [0.15, 0.2) is 0 Å². The second kappa shape index (κ2) is 6.07. The first-order chi connectivity index (χ1) is 6.70. The monoisotopic (exact) mass is 224 g/mol. The Kier molecular flexibility index (Phi) is 5.46. The molecule has 0 heterocycles. The summed E-state index contributed by atoms with van der Waals surface area (Å²) in [5.41, 5.74) is 6.63. The molecule has 0 aromatic heterocycles. The molecule has 80 valence electrons. The van der Waals surface area contributed by atoms with Crippen LogP contribution in [0.3, 0.4) is 0 Å². The molecule has 0 unspecified atom stereocenters. The molecule has 15 heavy (non-hydrogen) atoms. The Labute approximate surface area is 95.2 Å². The predicted molar refractivity (Wildman–Crippen MR) is 61.8 cm³/mol. The minimum absolute atomic E-state index is 0. The summed E-state index contributed by atoms with van der Waals surface area (Å²) in [4.78, 5) is 0. The van der Waals surface area contributed by atoms with Gasteiger partial charge in [-0.2, -0.15) is 5.26 Å². The average molecular weight is 225 g/mol. The number of aromatic hydroxyl groups is 1. The Hall–Kier alpha value is -1.50. The zero-order valence-corrected chi connectivity index (χ0v) is 9.00. The zero-order valence-electron chi connectivity index (χ0n) is 8.18. The van der Waals surface area contributed by atoms with E-state index in [1.54, 1.807) is 24.3 Å². The number of para-hydroxylation sites is 1. The van der Waals surface area contributed by atoms with Crippen molar-refractivity contribution in [2.45, 2.75) is 12.5 Å². The first-order valence-electron chi connectivity index (χ1n) is 4.29. The maximum atomic E-state index is 9.65. The predicted octanol–water partition coefficient (Wildman–Crippen LogP) is 2.26. The smallest absolute Gasteiger partial charge is 0.138 e. The van der Waals surface area contributed by atoms with E-state index in [0.717, 1.165) is 0 Å². The first-order valence-corrected chi connectivity index (χ1v) is 4.29. The number of benzene rings is 1. The van der Waals surface area contributed by atoms with Crippen LogP contribution in [0.25, 0.3) is 0 Å². The number of phenols is 1. The van der Waals surface area contributed by atoms with Gasteiger partial charge >= 0.3 is 0 Å². The molecule has 1 aromatic carbocycles. The second-order valence-corrected chi connectivity index (χ2v) is 2.99. The van der Waals surface area contributed by atoms with Crippen molar-refractivity contribution in [2.75, 3.05) is 0 Å². The maximum Gasteiger partial charge on any atom is 0.138 e. The highest BCUT2D eigenvalue weighted by Crippen LogP contribution is 2.27. The molecule has 3 N–H and O–H groups in total. The number of nitrogens with zero attached hydrogens (tertiary/aromatic N) is 1. The highest BCUT2D eigenvalue weighted by Gasteiger charge is 2.11. The molecule has 0 bridgehead atoms. The lowest BCUT2D eigenvalue weighted by Crippen LogP contribution is -2.09.